The normalized spacial score (nSPS) is 10.5. The first-order valence-electron chi connectivity index (χ1n) is 8.01. The standard InChI is InChI=1S/C19H24N2O/c1-3-4-5-6-11-21-19(22)18-12-17(13-20-14-18)16-9-7-15(2)8-10-16/h7-10,12-14H,3-6,11H2,1-2H3,(H,21,22). The van der Waals surface area contributed by atoms with Gasteiger partial charge in [0, 0.05) is 24.5 Å². The number of hydrogen-bond acceptors (Lipinski definition) is 2. The minimum atomic E-state index is -0.0436. The van der Waals surface area contributed by atoms with E-state index < -0.39 is 0 Å². The highest BCUT2D eigenvalue weighted by atomic mass is 16.1. The summed E-state index contributed by atoms with van der Waals surface area (Å²) >= 11 is 0. The van der Waals surface area contributed by atoms with Gasteiger partial charge in [0.05, 0.1) is 5.56 Å². The summed E-state index contributed by atoms with van der Waals surface area (Å²) in [5, 5.41) is 2.97. The quantitative estimate of drug-likeness (QED) is 0.771. The summed E-state index contributed by atoms with van der Waals surface area (Å²) in [6.07, 6.45) is 8.04. The molecule has 2 aromatic rings. The van der Waals surface area contributed by atoms with Crippen molar-refractivity contribution in [3.63, 3.8) is 0 Å². The van der Waals surface area contributed by atoms with Crippen molar-refractivity contribution in [2.45, 2.75) is 39.5 Å². The molecule has 1 heterocycles. The zero-order chi connectivity index (χ0) is 15.8. The molecule has 3 heteroatoms. The number of nitrogens with zero attached hydrogens (tertiary/aromatic N) is 1. The fourth-order valence-electron chi connectivity index (χ4n) is 2.32. The van der Waals surface area contributed by atoms with Crippen LogP contribution in [0, 0.1) is 6.92 Å². The van der Waals surface area contributed by atoms with Crippen LogP contribution in [0.2, 0.25) is 0 Å². The Bertz CT molecular complexity index is 605. The number of nitrogens with one attached hydrogen (secondary N) is 1. The van der Waals surface area contributed by atoms with Crippen molar-refractivity contribution in [1.29, 1.82) is 0 Å². The van der Waals surface area contributed by atoms with Crippen molar-refractivity contribution < 1.29 is 4.79 Å². The van der Waals surface area contributed by atoms with Crippen molar-refractivity contribution in [3.05, 3.63) is 53.9 Å². The highest BCUT2D eigenvalue weighted by Crippen LogP contribution is 2.19. The van der Waals surface area contributed by atoms with E-state index in [1.807, 2.05) is 6.07 Å². The molecule has 2 rings (SSSR count). The van der Waals surface area contributed by atoms with Crippen molar-refractivity contribution >= 4 is 5.91 Å². The van der Waals surface area contributed by atoms with Crippen LogP contribution in [-0.2, 0) is 0 Å². The van der Waals surface area contributed by atoms with Gasteiger partial charge in [0.25, 0.3) is 5.91 Å². The van der Waals surface area contributed by atoms with Crippen LogP contribution in [0.1, 0.15) is 48.5 Å². The number of benzene rings is 1. The van der Waals surface area contributed by atoms with Gasteiger partial charge in [0.1, 0.15) is 0 Å². The highest BCUT2D eigenvalue weighted by molar-refractivity contribution is 5.95. The smallest absolute Gasteiger partial charge is 0.252 e. The summed E-state index contributed by atoms with van der Waals surface area (Å²) < 4.78 is 0. The average Bonchev–Trinajstić information content (AvgIpc) is 2.55. The third kappa shape index (κ3) is 4.69. The van der Waals surface area contributed by atoms with Crippen molar-refractivity contribution in [1.82, 2.24) is 10.3 Å². The molecular weight excluding hydrogens is 272 g/mol. The molecule has 0 aliphatic carbocycles. The number of amides is 1. The molecule has 0 saturated heterocycles. The summed E-state index contributed by atoms with van der Waals surface area (Å²) in [6.45, 7) is 4.97. The molecule has 0 bridgehead atoms. The van der Waals surface area contributed by atoms with Crippen molar-refractivity contribution in [3.8, 4) is 11.1 Å². The average molecular weight is 296 g/mol. The number of carbonyl (C=O) groups excluding carboxylic acids is 1. The van der Waals surface area contributed by atoms with Crippen LogP contribution in [0.25, 0.3) is 11.1 Å². The molecule has 1 aromatic heterocycles. The van der Waals surface area contributed by atoms with Crippen LogP contribution in [0.15, 0.2) is 42.7 Å². The summed E-state index contributed by atoms with van der Waals surface area (Å²) in [5.41, 5.74) is 3.89. The van der Waals surface area contributed by atoms with Crippen LogP contribution in [0.4, 0.5) is 0 Å². The number of carbonyl (C=O) groups is 1. The first-order chi connectivity index (χ1) is 10.7. The summed E-state index contributed by atoms with van der Waals surface area (Å²) in [5.74, 6) is -0.0436. The van der Waals surface area contributed by atoms with Crippen LogP contribution in [-0.4, -0.2) is 17.4 Å². The Balaban J connectivity index is 1.98. The molecule has 22 heavy (non-hydrogen) atoms. The van der Waals surface area contributed by atoms with Crippen LogP contribution in [0.3, 0.4) is 0 Å². The van der Waals surface area contributed by atoms with E-state index in [0.717, 1.165) is 24.1 Å². The van der Waals surface area contributed by atoms with Gasteiger partial charge in [-0.2, -0.15) is 0 Å². The molecule has 0 saturated carbocycles. The number of hydrogen-bond donors (Lipinski definition) is 1. The maximum absolute atomic E-state index is 12.2. The van der Waals surface area contributed by atoms with Gasteiger partial charge in [0.15, 0.2) is 0 Å². The van der Waals surface area contributed by atoms with Gasteiger partial charge < -0.3 is 5.32 Å². The number of unbranched alkanes of at least 4 members (excludes halogenated alkanes) is 3. The maximum atomic E-state index is 12.2. The number of aromatic nitrogens is 1. The molecule has 0 radical (unpaired) electrons. The van der Waals surface area contributed by atoms with E-state index in [1.165, 1.54) is 24.8 Å². The number of pyridine rings is 1. The molecule has 116 valence electrons. The Morgan fingerprint density at radius 1 is 1.05 bits per heavy atom. The Labute approximate surface area is 132 Å². The lowest BCUT2D eigenvalue weighted by Gasteiger charge is -2.07. The van der Waals surface area contributed by atoms with Gasteiger partial charge in [-0.15, -0.1) is 0 Å². The summed E-state index contributed by atoms with van der Waals surface area (Å²) in [6, 6.07) is 10.1. The van der Waals surface area contributed by atoms with Gasteiger partial charge in [-0.3, -0.25) is 9.78 Å². The van der Waals surface area contributed by atoms with E-state index in [9.17, 15) is 4.79 Å². The second-order valence-corrected chi connectivity index (χ2v) is 5.64. The van der Waals surface area contributed by atoms with E-state index in [0.29, 0.717) is 5.56 Å². The van der Waals surface area contributed by atoms with Crippen LogP contribution < -0.4 is 5.32 Å². The SMILES string of the molecule is CCCCCCNC(=O)c1cncc(-c2ccc(C)cc2)c1. The van der Waals surface area contributed by atoms with E-state index in [-0.39, 0.29) is 5.91 Å². The molecule has 1 N–H and O–H groups in total. The molecule has 3 nitrogen and oxygen atoms in total. The third-order valence-corrected chi connectivity index (χ3v) is 3.70. The number of rotatable bonds is 7. The predicted molar refractivity (Wildman–Crippen MR) is 90.9 cm³/mol. The molecule has 0 aliphatic rings. The largest absolute Gasteiger partial charge is 0.352 e. The van der Waals surface area contributed by atoms with Crippen LogP contribution in [0.5, 0.6) is 0 Å². The Hall–Kier alpha value is -2.16. The van der Waals surface area contributed by atoms with Gasteiger partial charge in [-0.1, -0.05) is 56.0 Å². The Kier molecular flexibility index (Phi) is 6.13. The fraction of sp³-hybridized carbons (Fsp3) is 0.368. The zero-order valence-corrected chi connectivity index (χ0v) is 13.4. The molecule has 0 aliphatic heterocycles. The first kappa shape index (κ1) is 16.2. The van der Waals surface area contributed by atoms with Crippen molar-refractivity contribution in [2.75, 3.05) is 6.54 Å². The monoisotopic (exact) mass is 296 g/mol. The van der Waals surface area contributed by atoms with E-state index in [1.54, 1.807) is 12.4 Å². The maximum Gasteiger partial charge on any atom is 0.252 e. The van der Waals surface area contributed by atoms with Gasteiger partial charge in [-0.05, 0) is 25.0 Å². The molecule has 0 fully saturated rings. The minimum Gasteiger partial charge on any atom is -0.352 e. The molecule has 1 amide bonds. The predicted octanol–water partition coefficient (Wildman–Crippen LogP) is 4.37. The topological polar surface area (TPSA) is 42.0 Å². The highest BCUT2D eigenvalue weighted by Gasteiger charge is 2.07. The Morgan fingerprint density at radius 2 is 1.82 bits per heavy atom. The molecule has 0 atom stereocenters. The summed E-state index contributed by atoms with van der Waals surface area (Å²) in [7, 11) is 0. The number of aryl methyl sites for hydroxylation is 1. The van der Waals surface area contributed by atoms with Gasteiger partial charge in [-0.25, -0.2) is 0 Å². The lowest BCUT2D eigenvalue weighted by molar-refractivity contribution is 0.0952. The van der Waals surface area contributed by atoms with Crippen LogP contribution >= 0.6 is 0 Å². The van der Waals surface area contributed by atoms with E-state index in [2.05, 4.69) is 48.4 Å². The molecule has 0 unspecified atom stereocenters. The van der Waals surface area contributed by atoms with Gasteiger partial charge >= 0.3 is 0 Å². The molecule has 1 aromatic carbocycles. The fourth-order valence-corrected chi connectivity index (χ4v) is 2.32. The summed E-state index contributed by atoms with van der Waals surface area (Å²) in [4.78, 5) is 16.4. The lowest BCUT2D eigenvalue weighted by atomic mass is 10.0. The van der Waals surface area contributed by atoms with E-state index >= 15 is 0 Å². The lowest BCUT2D eigenvalue weighted by Crippen LogP contribution is -2.24. The first-order valence-corrected chi connectivity index (χ1v) is 8.01. The van der Waals surface area contributed by atoms with E-state index in [4.69, 9.17) is 0 Å². The minimum absolute atomic E-state index is 0.0436. The zero-order valence-electron chi connectivity index (χ0n) is 13.4. The van der Waals surface area contributed by atoms with Crippen molar-refractivity contribution in [2.24, 2.45) is 0 Å². The Morgan fingerprint density at radius 3 is 2.55 bits per heavy atom. The molecule has 0 spiro atoms. The third-order valence-electron chi connectivity index (χ3n) is 3.70. The second kappa shape index (κ2) is 8.32. The molecular formula is C19H24N2O. The van der Waals surface area contributed by atoms with Gasteiger partial charge in [0.2, 0.25) is 0 Å². The second-order valence-electron chi connectivity index (χ2n) is 5.64.